The first-order valence-corrected chi connectivity index (χ1v) is 8.96. The molecule has 1 atom stereocenters. The first kappa shape index (κ1) is 15.9. The van der Waals surface area contributed by atoms with Gasteiger partial charge in [0.15, 0.2) is 16.7 Å². The van der Waals surface area contributed by atoms with Crippen molar-refractivity contribution in [3.05, 3.63) is 41.6 Å². The topological polar surface area (TPSA) is 117 Å². The first-order valence-electron chi connectivity index (χ1n) is 7.97. The van der Waals surface area contributed by atoms with Gasteiger partial charge >= 0.3 is 0 Å². The molecule has 25 heavy (non-hydrogen) atoms. The molecule has 9 nitrogen and oxygen atoms in total. The fraction of sp³-hybridized carbons (Fsp3) is 0.400. The van der Waals surface area contributed by atoms with Gasteiger partial charge in [-0.1, -0.05) is 11.8 Å². The summed E-state index contributed by atoms with van der Waals surface area (Å²) in [4.78, 5) is 23.0. The summed E-state index contributed by atoms with van der Waals surface area (Å²) in [7, 11) is 0. The highest BCUT2D eigenvalue weighted by molar-refractivity contribution is 7.98. The van der Waals surface area contributed by atoms with Crippen LogP contribution in [-0.4, -0.2) is 47.7 Å². The Morgan fingerprint density at radius 3 is 3.12 bits per heavy atom. The third kappa shape index (κ3) is 3.29. The smallest absolute Gasteiger partial charge is 0.290 e. The van der Waals surface area contributed by atoms with Crippen LogP contribution < -0.4 is 0 Å². The quantitative estimate of drug-likeness (QED) is 0.670. The van der Waals surface area contributed by atoms with E-state index in [1.807, 2.05) is 13.0 Å². The van der Waals surface area contributed by atoms with Gasteiger partial charge in [0, 0.05) is 6.54 Å². The fourth-order valence-corrected chi connectivity index (χ4v) is 3.58. The van der Waals surface area contributed by atoms with Crippen LogP contribution in [0.25, 0.3) is 0 Å². The molecule has 0 saturated carbocycles. The molecule has 0 bridgehead atoms. The molecule has 1 saturated heterocycles. The van der Waals surface area contributed by atoms with Crippen molar-refractivity contribution in [2.45, 2.75) is 36.7 Å². The van der Waals surface area contributed by atoms with Gasteiger partial charge in [-0.15, -0.1) is 0 Å². The molecule has 1 unspecified atom stereocenters. The van der Waals surface area contributed by atoms with Gasteiger partial charge in [0.05, 0.1) is 11.8 Å². The molecule has 1 aliphatic rings. The van der Waals surface area contributed by atoms with Crippen LogP contribution in [0.4, 0.5) is 0 Å². The van der Waals surface area contributed by atoms with Gasteiger partial charge in [0.1, 0.15) is 17.9 Å². The van der Waals surface area contributed by atoms with Crippen molar-refractivity contribution in [2.24, 2.45) is 0 Å². The maximum Gasteiger partial charge on any atom is 0.290 e. The molecule has 0 radical (unpaired) electrons. The number of thioether (sulfide) groups is 1. The predicted octanol–water partition coefficient (Wildman–Crippen LogP) is 2.09. The Bertz CT molecular complexity index is 857. The number of aromatic nitrogens is 6. The number of carbonyl (C=O) groups excluding carboxylic acids is 1. The van der Waals surface area contributed by atoms with Crippen LogP contribution in [0.2, 0.25) is 0 Å². The zero-order valence-electron chi connectivity index (χ0n) is 13.6. The third-order valence-corrected chi connectivity index (χ3v) is 4.94. The number of amides is 1. The van der Waals surface area contributed by atoms with Crippen LogP contribution in [-0.2, 0) is 5.75 Å². The van der Waals surface area contributed by atoms with Gasteiger partial charge in [-0.3, -0.25) is 15.0 Å². The molecule has 1 amide bonds. The summed E-state index contributed by atoms with van der Waals surface area (Å²) in [5.41, 5.74) is 0. The second kappa shape index (κ2) is 6.71. The zero-order chi connectivity index (χ0) is 17.2. The number of carbonyl (C=O) groups is 1. The van der Waals surface area contributed by atoms with Crippen LogP contribution in [0.15, 0.2) is 28.0 Å². The first-order chi connectivity index (χ1) is 12.2. The van der Waals surface area contributed by atoms with E-state index in [1.54, 1.807) is 11.0 Å². The van der Waals surface area contributed by atoms with Crippen LogP contribution in [0.5, 0.6) is 0 Å². The number of nitrogens with one attached hydrogen (secondary N) is 2. The molecule has 0 aliphatic carbocycles. The van der Waals surface area contributed by atoms with E-state index in [-0.39, 0.29) is 11.9 Å². The molecule has 0 spiro atoms. The number of aromatic amines is 2. The maximum atomic E-state index is 12.8. The van der Waals surface area contributed by atoms with Crippen LogP contribution >= 0.6 is 11.8 Å². The summed E-state index contributed by atoms with van der Waals surface area (Å²) in [6, 6.07) is 3.44. The van der Waals surface area contributed by atoms with Gasteiger partial charge in [0.2, 0.25) is 0 Å². The monoisotopic (exact) mass is 359 g/mol. The average molecular weight is 359 g/mol. The summed E-state index contributed by atoms with van der Waals surface area (Å²) >= 11 is 1.47. The molecule has 2 N–H and O–H groups in total. The van der Waals surface area contributed by atoms with E-state index in [4.69, 9.17) is 4.42 Å². The molecule has 1 aliphatic heterocycles. The van der Waals surface area contributed by atoms with Crippen molar-refractivity contribution in [2.75, 3.05) is 6.54 Å². The lowest BCUT2D eigenvalue weighted by Crippen LogP contribution is -2.30. The van der Waals surface area contributed by atoms with E-state index >= 15 is 0 Å². The molecular weight excluding hydrogens is 342 g/mol. The Kier molecular flexibility index (Phi) is 4.26. The molecule has 4 rings (SSSR count). The lowest BCUT2D eigenvalue weighted by atomic mass is 10.2. The standard InChI is InChI=1S/C15H17N7O2S/c1-9-18-13(20-19-9)11-3-2-6-22(11)14(23)12-5-4-10(24-12)7-25-15-16-8-17-21-15/h4-5,8,11H,2-3,6-7H2,1H3,(H,16,17,21)(H,18,19,20). The molecule has 3 aromatic rings. The minimum atomic E-state index is -0.124. The van der Waals surface area contributed by atoms with Crippen molar-refractivity contribution in [1.29, 1.82) is 0 Å². The lowest BCUT2D eigenvalue weighted by molar-refractivity contribution is 0.0696. The Morgan fingerprint density at radius 2 is 2.36 bits per heavy atom. The number of hydrogen-bond acceptors (Lipinski definition) is 7. The highest BCUT2D eigenvalue weighted by atomic mass is 32.2. The van der Waals surface area contributed by atoms with Crippen LogP contribution in [0.1, 0.15) is 46.8 Å². The van der Waals surface area contributed by atoms with Crippen molar-refractivity contribution in [1.82, 2.24) is 35.3 Å². The minimum absolute atomic E-state index is 0.102. The third-order valence-electron chi connectivity index (χ3n) is 4.04. The highest BCUT2D eigenvalue weighted by Crippen LogP contribution is 2.31. The lowest BCUT2D eigenvalue weighted by Gasteiger charge is -2.21. The summed E-state index contributed by atoms with van der Waals surface area (Å²) in [6.45, 7) is 2.53. The van der Waals surface area contributed by atoms with Gasteiger partial charge in [-0.25, -0.2) is 9.97 Å². The summed E-state index contributed by atoms with van der Waals surface area (Å²) in [5.74, 6) is 2.92. The number of furan rings is 1. The molecule has 1 fully saturated rings. The number of nitrogens with zero attached hydrogens (tertiary/aromatic N) is 5. The summed E-state index contributed by atoms with van der Waals surface area (Å²) in [5, 5.41) is 14.3. The van der Waals surface area contributed by atoms with E-state index in [0.29, 0.717) is 34.8 Å². The van der Waals surface area contributed by atoms with Gasteiger partial charge in [-0.05, 0) is 31.9 Å². The number of aryl methyl sites for hydroxylation is 1. The Balaban J connectivity index is 1.45. The minimum Gasteiger partial charge on any atom is -0.455 e. The van der Waals surface area contributed by atoms with Gasteiger partial charge in [-0.2, -0.15) is 10.2 Å². The Morgan fingerprint density at radius 1 is 1.44 bits per heavy atom. The molecule has 0 aromatic carbocycles. The number of likely N-dealkylation sites (tertiary alicyclic amines) is 1. The van der Waals surface area contributed by atoms with Crippen LogP contribution in [0, 0.1) is 6.92 Å². The van der Waals surface area contributed by atoms with Gasteiger partial charge in [0.25, 0.3) is 5.91 Å². The molecule has 4 heterocycles. The van der Waals surface area contributed by atoms with Crippen molar-refractivity contribution < 1.29 is 9.21 Å². The summed E-state index contributed by atoms with van der Waals surface area (Å²) < 4.78 is 5.72. The molecular formula is C15H17N7O2S. The van der Waals surface area contributed by atoms with E-state index in [2.05, 4.69) is 30.4 Å². The fourth-order valence-electron chi connectivity index (χ4n) is 2.90. The molecule has 10 heteroatoms. The number of rotatable bonds is 5. The molecule has 3 aromatic heterocycles. The molecule has 130 valence electrons. The van der Waals surface area contributed by atoms with Crippen molar-refractivity contribution in [3.63, 3.8) is 0 Å². The van der Waals surface area contributed by atoms with E-state index in [9.17, 15) is 4.79 Å². The second-order valence-electron chi connectivity index (χ2n) is 5.78. The average Bonchev–Trinajstić information content (AvgIpc) is 3.37. The SMILES string of the molecule is Cc1nc(C2CCCN2C(=O)c2ccc(CSc3ncn[nH]3)o2)n[nH]1. The maximum absolute atomic E-state index is 12.8. The van der Waals surface area contributed by atoms with E-state index in [0.717, 1.165) is 18.7 Å². The summed E-state index contributed by atoms with van der Waals surface area (Å²) in [6.07, 6.45) is 3.24. The van der Waals surface area contributed by atoms with Gasteiger partial charge < -0.3 is 9.32 Å². The van der Waals surface area contributed by atoms with Crippen molar-refractivity contribution >= 4 is 17.7 Å². The highest BCUT2D eigenvalue weighted by Gasteiger charge is 2.34. The van der Waals surface area contributed by atoms with E-state index < -0.39 is 0 Å². The zero-order valence-corrected chi connectivity index (χ0v) is 14.4. The number of hydrogen-bond donors (Lipinski definition) is 2. The number of H-pyrrole nitrogens is 2. The predicted molar refractivity (Wildman–Crippen MR) is 88.8 cm³/mol. The normalized spacial score (nSPS) is 17.3. The largest absolute Gasteiger partial charge is 0.455 e. The second-order valence-corrected chi connectivity index (χ2v) is 6.74. The Labute approximate surface area is 147 Å². The Hall–Kier alpha value is -2.62. The van der Waals surface area contributed by atoms with Crippen LogP contribution in [0.3, 0.4) is 0 Å². The van der Waals surface area contributed by atoms with Crippen molar-refractivity contribution in [3.8, 4) is 0 Å². The van der Waals surface area contributed by atoms with E-state index in [1.165, 1.54) is 18.1 Å².